The second-order valence-electron chi connectivity index (χ2n) is 4.87. The van der Waals surface area contributed by atoms with Crippen molar-refractivity contribution in [2.24, 2.45) is 0 Å². The van der Waals surface area contributed by atoms with Crippen molar-refractivity contribution < 1.29 is 8.42 Å². The Morgan fingerprint density at radius 2 is 1.81 bits per heavy atom. The van der Waals surface area contributed by atoms with Crippen LogP contribution in [-0.4, -0.2) is 24.9 Å². The molecule has 0 spiro atoms. The number of nitrogens with zero attached hydrogens (tertiary/aromatic N) is 2. The van der Waals surface area contributed by atoms with Crippen LogP contribution in [0.5, 0.6) is 0 Å². The van der Waals surface area contributed by atoms with Gasteiger partial charge in [-0.3, -0.25) is 0 Å². The largest absolute Gasteiger partial charge is 0.224 e. The number of hydrogen-bond donors (Lipinski definition) is 0. The molecule has 0 saturated heterocycles. The van der Waals surface area contributed by atoms with Crippen molar-refractivity contribution in [1.29, 1.82) is 0 Å². The van der Waals surface area contributed by atoms with Gasteiger partial charge < -0.3 is 0 Å². The fraction of sp³-hybridized carbons (Fsp3) is 0.125. The van der Waals surface area contributed by atoms with Crippen LogP contribution in [0.2, 0.25) is 0 Å². The van der Waals surface area contributed by atoms with E-state index in [-0.39, 0.29) is 4.90 Å². The van der Waals surface area contributed by atoms with Crippen LogP contribution in [0, 0.1) is 13.0 Å². The molecule has 0 aliphatic carbocycles. The van der Waals surface area contributed by atoms with Gasteiger partial charge in [0.05, 0.1) is 10.6 Å². The summed E-state index contributed by atoms with van der Waals surface area (Å²) in [6, 6.07) is 15.4. The van der Waals surface area contributed by atoms with Gasteiger partial charge in [0.2, 0.25) is 0 Å². The summed E-state index contributed by atoms with van der Waals surface area (Å²) in [6.45, 7) is 1.87. The van der Waals surface area contributed by atoms with Crippen molar-refractivity contribution in [3.8, 4) is 11.3 Å². The number of hydrogen-bond acceptors (Lipinski definition) is 4. The first-order chi connectivity index (χ1) is 9.98. The molecule has 0 saturated carbocycles. The molecule has 3 rings (SSSR count). The number of rotatable bonds is 2. The molecule has 0 atom stereocenters. The van der Waals surface area contributed by atoms with E-state index in [9.17, 15) is 8.42 Å². The molecule has 0 aliphatic rings. The molecule has 21 heavy (non-hydrogen) atoms. The lowest BCUT2D eigenvalue weighted by atomic mass is 10.0. The Hall–Kier alpha value is -2.27. The van der Waals surface area contributed by atoms with Crippen molar-refractivity contribution in [2.45, 2.75) is 11.8 Å². The van der Waals surface area contributed by atoms with Crippen LogP contribution in [0.25, 0.3) is 22.0 Å². The molecule has 3 aromatic rings. The van der Waals surface area contributed by atoms with Gasteiger partial charge in [0, 0.05) is 22.6 Å². The molecule has 0 bridgehead atoms. The standard InChI is InChI=1S/C16H13N2O2S/c1-11-12-7-3-4-8-13(12)16(18-17-11)14-9-5-6-10-15(14)21(2,19)20/h4-10H,1-2H3. The molecular weight excluding hydrogens is 284 g/mol. The third-order valence-electron chi connectivity index (χ3n) is 3.35. The summed E-state index contributed by atoms with van der Waals surface area (Å²) in [6.07, 6.45) is 1.20. The lowest BCUT2D eigenvalue weighted by Gasteiger charge is -2.10. The first kappa shape index (κ1) is 13.7. The minimum Gasteiger partial charge on any atom is -0.224 e. The van der Waals surface area contributed by atoms with Gasteiger partial charge in [-0.15, -0.1) is 5.10 Å². The number of aromatic nitrogens is 2. The molecule has 105 valence electrons. The zero-order valence-electron chi connectivity index (χ0n) is 11.7. The number of aryl methyl sites for hydroxylation is 1. The molecule has 0 amide bonds. The molecule has 0 fully saturated rings. The summed E-state index contributed by atoms with van der Waals surface area (Å²) in [5, 5.41) is 10.2. The Labute approximate surface area is 123 Å². The monoisotopic (exact) mass is 297 g/mol. The Kier molecular flexibility index (Phi) is 3.22. The third kappa shape index (κ3) is 2.40. The molecular formula is C16H13N2O2S. The Morgan fingerprint density at radius 3 is 2.57 bits per heavy atom. The van der Waals surface area contributed by atoms with Crippen LogP contribution in [0.3, 0.4) is 0 Å². The van der Waals surface area contributed by atoms with Crippen LogP contribution in [0.15, 0.2) is 47.4 Å². The predicted molar refractivity (Wildman–Crippen MR) is 81.7 cm³/mol. The maximum atomic E-state index is 12.0. The van der Waals surface area contributed by atoms with Gasteiger partial charge in [-0.1, -0.05) is 30.3 Å². The van der Waals surface area contributed by atoms with Gasteiger partial charge in [0.25, 0.3) is 0 Å². The average molecular weight is 297 g/mol. The second kappa shape index (κ2) is 4.93. The van der Waals surface area contributed by atoms with Gasteiger partial charge in [-0.2, -0.15) is 5.10 Å². The third-order valence-corrected chi connectivity index (χ3v) is 4.51. The highest BCUT2D eigenvalue weighted by atomic mass is 32.2. The summed E-state index contributed by atoms with van der Waals surface area (Å²) < 4.78 is 24.0. The summed E-state index contributed by atoms with van der Waals surface area (Å²) in [5.74, 6) is 0. The van der Waals surface area contributed by atoms with Crippen molar-refractivity contribution in [3.63, 3.8) is 0 Å². The highest BCUT2D eigenvalue weighted by molar-refractivity contribution is 7.90. The normalized spacial score (nSPS) is 11.7. The fourth-order valence-corrected chi connectivity index (χ4v) is 3.24. The Bertz CT molecular complexity index is 934. The predicted octanol–water partition coefficient (Wildman–Crippen LogP) is 2.81. The summed E-state index contributed by atoms with van der Waals surface area (Å²) >= 11 is 0. The van der Waals surface area contributed by atoms with E-state index in [1.54, 1.807) is 30.3 Å². The SMILES string of the molecule is Cc1nnc(-c2ccccc2S(C)(=O)=O)c2cc[c]cc12. The van der Waals surface area contributed by atoms with Crippen molar-refractivity contribution in [3.05, 3.63) is 54.2 Å². The molecule has 0 aliphatic heterocycles. The topological polar surface area (TPSA) is 59.9 Å². The molecule has 5 heteroatoms. The first-order valence-corrected chi connectivity index (χ1v) is 8.30. The van der Waals surface area contributed by atoms with Gasteiger partial charge >= 0.3 is 0 Å². The lowest BCUT2D eigenvalue weighted by molar-refractivity contribution is 0.602. The van der Waals surface area contributed by atoms with Gasteiger partial charge in [0.1, 0.15) is 5.69 Å². The van der Waals surface area contributed by atoms with Crippen LogP contribution in [0.4, 0.5) is 0 Å². The van der Waals surface area contributed by atoms with E-state index in [2.05, 4.69) is 16.3 Å². The lowest BCUT2D eigenvalue weighted by Crippen LogP contribution is -2.02. The van der Waals surface area contributed by atoms with Crippen molar-refractivity contribution >= 4 is 20.6 Å². The maximum Gasteiger partial charge on any atom is 0.176 e. The number of fused-ring (bicyclic) bond motifs is 1. The molecule has 1 heterocycles. The maximum absolute atomic E-state index is 12.0. The minimum atomic E-state index is -3.34. The second-order valence-corrected chi connectivity index (χ2v) is 6.86. The van der Waals surface area contributed by atoms with Crippen LogP contribution < -0.4 is 0 Å². The van der Waals surface area contributed by atoms with E-state index in [4.69, 9.17) is 0 Å². The molecule has 1 radical (unpaired) electrons. The Balaban J connectivity index is 2.41. The smallest absolute Gasteiger partial charge is 0.176 e. The summed E-state index contributed by atoms with van der Waals surface area (Å²) in [4.78, 5) is 0.261. The summed E-state index contributed by atoms with van der Waals surface area (Å²) in [7, 11) is -3.34. The van der Waals surface area contributed by atoms with Crippen molar-refractivity contribution in [1.82, 2.24) is 10.2 Å². The van der Waals surface area contributed by atoms with E-state index < -0.39 is 9.84 Å². The quantitative estimate of drug-likeness (QED) is 0.730. The highest BCUT2D eigenvalue weighted by Crippen LogP contribution is 2.31. The van der Waals surface area contributed by atoms with E-state index >= 15 is 0 Å². The number of sulfone groups is 1. The molecule has 0 N–H and O–H groups in total. The average Bonchev–Trinajstić information content (AvgIpc) is 2.47. The molecule has 1 aromatic heterocycles. The molecule has 0 unspecified atom stereocenters. The Morgan fingerprint density at radius 1 is 1.05 bits per heavy atom. The van der Waals surface area contributed by atoms with Crippen LogP contribution in [0.1, 0.15) is 5.69 Å². The van der Waals surface area contributed by atoms with E-state index in [0.717, 1.165) is 16.5 Å². The minimum absolute atomic E-state index is 0.261. The van der Waals surface area contributed by atoms with E-state index in [0.29, 0.717) is 11.3 Å². The van der Waals surface area contributed by atoms with Crippen LogP contribution >= 0.6 is 0 Å². The van der Waals surface area contributed by atoms with Crippen LogP contribution in [-0.2, 0) is 9.84 Å². The van der Waals surface area contributed by atoms with Gasteiger partial charge in [-0.05, 0) is 25.1 Å². The zero-order chi connectivity index (χ0) is 15.0. The van der Waals surface area contributed by atoms with E-state index in [1.165, 1.54) is 6.26 Å². The molecule has 4 nitrogen and oxygen atoms in total. The molecule has 2 aromatic carbocycles. The zero-order valence-corrected chi connectivity index (χ0v) is 12.5. The first-order valence-electron chi connectivity index (χ1n) is 6.41. The fourth-order valence-electron chi connectivity index (χ4n) is 2.35. The number of benzene rings is 2. The summed E-state index contributed by atoms with van der Waals surface area (Å²) in [5.41, 5.74) is 1.94. The van der Waals surface area contributed by atoms with Crippen molar-refractivity contribution in [2.75, 3.05) is 6.26 Å². The van der Waals surface area contributed by atoms with Gasteiger partial charge in [0.15, 0.2) is 9.84 Å². The van der Waals surface area contributed by atoms with E-state index in [1.807, 2.05) is 19.1 Å². The highest BCUT2D eigenvalue weighted by Gasteiger charge is 2.17. The van der Waals surface area contributed by atoms with Gasteiger partial charge in [-0.25, -0.2) is 8.42 Å².